The van der Waals surface area contributed by atoms with Crippen molar-refractivity contribution in [1.29, 1.82) is 0 Å². The molecule has 1 aromatic carbocycles. The summed E-state index contributed by atoms with van der Waals surface area (Å²) in [5.74, 6) is -0.462. The molecule has 1 amide bonds. The van der Waals surface area contributed by atoms with E-state index in [0.717, 1.165) is 10.7 Å². The van der Waals surface area contributed by atoms with E-state index in [-0.39, 0.29) is 5.41 Å². The van der Waals surface area contributed by atoms with E-state index in [2.05, 4.69) is 31.1 Å². The molecule has 0 fully saturated rings. The van der Waals surface area contributed by atoms with Crippen LogP contribution >= 0.6 is 22.9 Å². The van der Waals surface area contributed by atoms with Crippen LogP contribution in [0.3, 0.4) is 0 Å². The summed E-state index contributed by atoms with van der Waals surface area (Å²) in [5, 5.41) is 6.58. The van der Waals surface area contributed by atoms with Crippen molar-refractivity contribution in [3.8, 4) is 0 Å². The first kappa shape index (κ1) is 15.8. The van der Waals surface area contributed by atoms with Gasteiger partial charge in [0.25, 0.3) is 0 Å². The number of halogens is 1. The van der Waals surface area contributed by atoms with Crippen LogP contribution in [0, 0.1) is 0 Å². The molecule has 4 nitrogen and oxygen atoms in total. The van der Waals surface area contributed by atoms with Gasteiger partial charge in [0.2, 0.25) is 5.91 Å². The molecular formula is C15H18ClN3OS. The van der Waals surface area contributed by atoms with E-state index in [0.29, 0.717) is 10.7 Å². The van der Waals surface area contributed by atoms with Gasteiger partial charge in [-0.15, -0.1) is 11.3 Å². The van der Waals surface area contributed by atoms with Gasteiger partial charge in [0, 0.05) is 21.5 Å². The number of nitrogens with one attached hydrogen (secondary N) is 1. The molecule has 2 aromatic rings. The van der Waals surface area contributed by atoms with Crippen LogP contribution in [0.1, 0.15) is 37.5 Å². The van der Waals surface area contributed by atoms with Crippen LogP contribution in [0.25, 0.3) is 0 Å². The molecule has 0 spiro atoms. The van der Waals surface area contributed by atoms with Gasteiger partial charge >= 0.3 is 0 Å². The van der Waals surface area contributed by atoms with E-state index in [1.807, 2.05) is 5.38 Å². The second-order valence-electron chi connectivity index (χ2n) is 5.81. The van der Waals surface area contributed by atoms with Gasteiger partial charge in [-0.2, -0.15) is 0 Å². The highest BCUT2D eigenvalue weighted by Crippen LogP contribution is 2.29. The fourth-order valence-electron chi connectivity index (χ4n) is 1.77. The van der Waals surface area contributed by atoms with Crippen molar-refractivity contribution < 1.29 is 4.79 Å². The maximum atomic E-state index is 11.7. The number of anilines is 1. The van der Waals surface area contributed by atoms with Crippen LogP contribution in [0.5, 0.6) is 0 Å². The number of nitrogens with two attached hydrogens (primary N) is 1. The van der Waals surface area contributed by atoms with E-state index < -0.39 is 11.9 Å². The largest absolute Gasteiger partial charge is 0.369 e. The highest BCUT2D eigenvalue weighted by molar-refractivity contribution is 7.09. The molecule has 2 rings (SSSR count). The summed E-state index contributed by atoms with van der Waals surface area (Å²) < 4.78 is 0. The third-order valence-electron chi connectivity index (χ3n) is 2.90. The van der Waals surface area contributed by atoms with Crippen LogP contribution in [-0.2, 0) is 10.2 Å². The van der Waals surface area contributed by atoms with E-state index in [1.165, 1.54) is 11.3 Å². The summed E-state index contributed by atoms with van der Waals surface area (Å²) >= 11 is 7.39. The normalized spacial score (nSPS) is 13.0. The molecule has 0 radical (unpaired) electrons. The zero-order valence-corrected chi connectivity index (χ0v) is 13.8. The first-order valence-corrected chi connectivity index (χ1v) is 7.80. The van der Waals surface area contributed by atoms with Gasteiger partial charge in [-0.3, -0.25) is 4.79 Å². The Hall–Kier alpha value is -1.59. The molecular weight excluding hydrogens is 306 g/mol. The molecule has 0 aliphatic heterocycles. The maximum absolute atomic E-state index is 11.7. The molecule has 0 bridgehead atoms. The monoisotopic (exact) mass is 323 g/mol. The minimum absolute atomic E-state index is 0.0502. The van der Waals surface area contributed by atoms with Crippen molar-refractivity contribution >= 4 is 34.5 Å². The smallest absolute Gasteiger partial charge is 0.246 e. The van der Waals surface area contributed by atoms with Crippen molar-refractivity contribution in [3.05, 3.63) is 45.4 Å². The molecule has 0 aliphatic rings. The highest BCUT2D eigenvalue weighted by Gasteiger charge is 2.24. The zero-order valence-electron chi connectivity index (χ0n) is 12.2. The van der Waals surface area contributed by atoms with Gasteiger partial charge < -0.3 is 11.1 Å². The van der Waals surface area contributed by atoms with E-state index in [1.54, 1.807) is 24.3 Å². The summed E-state index contributed by atoms with van der Waals surface area (Å²) in [7, 11) is 0. The molecule has 3 N–H and O–H groups in total. The topological polar surface area (TPSA) is 68.0 Å². The molecule has 1 heterocycles. The summed E-state index contributed by atoms with van der Waals surface area (Å²) in [6, 6.07) is 6.45. The first-order chi connectivity index (χ1) is 9.77. The second-order valence-corrected chi connectivity index (χ2v) is 7.11. The lowest BCUT2D eigenvalue weighted by atomic mass is 9.98. The van der Waals surface area contributed by atoms with Crippen LogP contribution in [0.15, 0.2) is 29.6 Å². The van der Waals surface area contributed by atoms with Crippen molar-refractivity contribution in [3.63, 3.8) is 0 Å². The number of carbonyl (C=O) groups excluding carboxylic acids is 1. The van der Waals surface area contributed by atoms with Gasteiger partial charge in [0.05, 0.1) is 10.7 Å². The number of primary amides is 1. The lowest BCUT2D eigenvalue weighted by Crippen LogP contribution is -2.28. The second kappa shape index (κ2) is 6.03. The third-order valence-corrected chi connectivity index (χ3v) is 4.44. The fourth-order valence-corrected chi connectivity index (χ4v) is 2.83. The lowest BCUT2D eigenvalue weighted by molar-refractivity contribution is -0.118. The van der Waals surface area contributed by atoms with Gasteiger partial charge in [0.15, 0.2) is 0 Å². The highest BCUT2D eigenvalue weighted by atomic mass is 35.5. The average molecular weight is 324 g/mol. The summed E-state index contributed by atoms with van der Waals surface area (Å²) in [5.41, 5.74) is 6.87. The Kier molecular flexibility index (Phi) is 4.54. The standard InChI is InChI=1S/C15H18ClN3OS/c1-15(2,3)14-19-11(8-21-14)12(13(17)20)18-10-6-4-9(16)5-7-10/h4-8,12,18H,1-3H3,(H2,17,20). The molecule has 1 atom stereocenters. The first-order valence-electron chi connectivity index (χ1n) is 6.54. The predicted octanol–water partition coefficient (Wildman–Crippen LogP) is 3.73. The Morgan fingerprint density at radius 2 is 1.95 bits per heavy atom. The molecule has 0 saturated heterocycles. The lowest BCUT2D eigenvalue weighted by Gasteiger charge is -2.16. The average Bonchev–Trinajstić information content (AvgIpc) is 2.87. The SMILES string of the molecule is CC(C)(C)c1nc(C(Nc2ccc(Cl)cc2)C(N)=O)cs1. The summed E-state index contributed by atoms with van der Waals surface area (Å²) in [6.45, 7) is 6.25. The minimum Gasteiger partial charge on any atom is -0.369 e. The molecule has 21 heavy (non-hydrogen) atoms. The Bertz CT molecular complexity index is 631. The van der Waals surface area contributed by atoms with Crippen LogP contribution in [0.4, 0.5) is 5.69 Å². The Labute approximate surface area is 133 Å². The number of carbonyl (C=O) groups is 1. The number of rotatable bonds is 4. The Morgan fingerprint density at radius 3 is 2.43 bits per heavy atom. The number of benzene rings is 1. The fraction of sp³-hybridized carbons (Fsp3) is 0.333. The molecule has 1 unspecified atom stereocenters. The van der Waals surface area contributed by atoms with Gasteiger partial charge in [-0.1, -0.05) is 32.4 Å². The number of nitrogens with zero attached hydrogens (tertiary/aromatic N) is 1. The van der Waals surface area contributed by atoms with Gasteiger partial charge in [-0.05, 0) is 24.3 Å². The minimum atomic E-state index is -0.654. The maximum Gasteiger partial charge on any atom is 0.246 e. The van der Waals surface area contributed by atoms with E-state index >= 15 is 0 Å². The number of thiazole rings is 1. The zero-order chi connectivity index (χ0) is 15.6. The molecule has 112 valence electrons. The number of hydrogen-bond acceptors (Lipinski definition) is 4. The van der Waals surface area contributed by atoms with E-state index in [9.17, 15) is 4.79 Å². The number of amides is 1. The molecule has 0 saturated carbocycles. The molecule has 1 aromatic heterocycles. The Morgan fingerprint density at radius 1 is 1.33 bits per heavy atom. The van der Waals surface area contributed by atoms with Gasteiger partial charge in [-0.25, -0.2) is 4.98 Å². The van der Waals surface area contributed by atoms with Crippen molar-refractivity contribution in [2.75, 3.05) is 5.32 Å². The van der Waals surface area contributed by atoms with Crippen LogP contribution in [0.2, 0.25) is 5.02 Å². The quantitative estimate of drug-likeness (QED) is 0.900. The molecule has 0 aliphatic carbocycles. The van der Waals surface area contributed by atoms with Gasteiger partial charge in [0.1, 0.15) is 6.04 Å². The van der Waals surface area contributed by atoms with Crippen molar-refractivity contribution in [2.24, 2.45) is 5.73 Å². The van der Waals surface area contributed by atoms with Crippen LogP contribution in [-0.4, -0.2) is 10.9 Å². The number of aromatic nitrogens is 1. The summed E-state index contributed by atoms with van der Waals surface area (Å²) in [6.07, 6.45) is 0. The third kappa shape index (κ3) is 3.95. The van der Waals surface area contributed by atoms with Crippen LogP contribution < -0.4 is 11.1 Å². The molecule has 6 heteroatoms. The predicted molar refractivity (Wildman–Crippen MR) is 87.8 cm³/mol. The summed E-state index contributed by atoms with van der Waals surface area (Å²) in [4.78, 5) is 16.3. The van der Waals surface area contributed by atoms with E-state index in [4.69, 9.17) is 17.3 Å². The number of hydrogen-bond donors (Lipinski definition) is 2. The Balaban J connectivity index is 2.25. The van der Waals surface area contributed by atoms with Crippen molar-refractivity contribution in [1.82, 2.24) is 4.98 Å². The van der Waals surface area contributed by atoms with Crippen molar-refractivity contribution in [2.45, 2.75) is 32.2 Å².